The molecule has 0 saturated carbocycles. The Morgan fingerprint density at radius 2 is 2.36 bits per heavy atom. The van der Waals surface area contributed by atoms with E-state index in [1.54, 1.807) is 6.20 Å². The summed E-state index contributed by atoms with van der Waals surface area (Å²) in [6.45, 7) is 0. The van der Waals surface area contributed by atoms with Gasteiger partial charge in [-0.2, -0.15) is 0 Å². The van der Waals surface area contributed by atoms with Crippen molar-refractivity contribution in [3.05, 3.63) is 24.4 Å². The predicted molar refractivity (Wildman–Crippen MR) is 50.0 cm³/mol. The quantitative estimate of drug-likeness (QED) is 0.592. The molecule has 6 heteroatoms. The molecule has 1 aromatic rings. The molecule has 0 aliphatic carbocycles. The highest BCUT2D eigenvalue weighted by Crippen LogP contribution is 1.77. The lowest BCUT2D eigenvalue weighted by atomic mass is 10.5. The summed E-state index contributed by atoms with van der Waals surface area (Å²) < 4.78 is 3.26. The minimum absolute atomic E-state index is 0.576. The number of nitrogens with one attached hydrogen (secondary N) is 1. The molecule has 1 aromatic heterocycles. The lowest BCUT2D eigenvalue weighted by Gasteiger charge is -2.07. The van der Waals surface area contributed by atoms with Crippen LogP contribution in [0.2, 0.25) is 0 Å². The van der Waals surface area contributed by atoms with Gasteiger partial charge < -0.3 is 4.65 Å². The molecule has 1 heterocycles. The molecule has 0 bridgehead atoms. The van der Waals surface area contributed by atoms with Crippen molar-refractivity contribution >= 4 is 42.5 Å². The molecular weight excluding hydrogens is 200 g/mol. The molecule has 0 spiro atoms. The van der Waals surface area contributed by atoms with Gasteiger partial charge in [-0.25, -0.2) is 0 Å². The maximum Gasteiger partial charge on any atom is 0.163 e. The molecular formula is C5H5N2Si4. The van der Waals surface area contributed by atoms with E-state index in [0.29, 0.717) is 9.20 Å². The fourth-order valence-corrected chi connectivity index (χ4v) is 5.37. The van der Waals surface area contributed by atoms with Gasteiger partial charge in [-0.05, 0) is 12.1 Å². The van der Waals surface area contributed by atoms with E-state index in [0.717, 1.165) is 5.32 Å². The molecule has 0 atom stereocenters. The number of nitrogens with zero attached hydrogens (tertiary/aromatic N) is 1. The van der Waals surface area contributed by atoms with Gasteiger partial charge in [-0.15, -0.1) is 0 Å². The highest BCUT2D eigenvalue weighted by Gasteiger charge is 2.05. The normalized spacial score (nSPS) is 10.5. The second-order valence-electron chi connectivity index (χ2n) is 1.84. The number of aromatic nitrogens is 1. The summed E-state index contributed by atoms with van der Waals surface area (Å²) in [4.78, 5) is 4.21. The van der Waals surface area contributed by atoms with Crippen LogP contribution in [0.25, 0.3) is 0 Å². The summed E-state index contributed by atoms with van der Waals surface area (Å²) in [5, 5.41) is 1.10. The van der Waals surface area contributed by atoms with Gasteiger partial charge in [0.2, 0.25) is 0 Å². The van der Waals surface area contributed by atoms with E-state index < -0.39 is 8.48 Å². The van der Waals surface area contributed by atoms with Gasteiger partial charge in [0.05, 0.1) is 0 Å². The first kappa shape index (κ1) is 9.07. The van der Waals surface area contributed by atoms with Gasteiger partial charge in [-0.3, -0.25) is 4.98 Å². The van der Waals surface area contributed by atoms with Gasteiger partial charge in [0, 0.05) is 31.0 Å². The highest BCUT2D eigenvalue weighted by atomic mass is 29.2. The van der Waals surface area contributed by atoms with Crippen molar-refractivity contribution in [1.29, 1.82) is 0 Å². The number of pyridine rings is 1. The first-order valence-electron chi connectivity index (χ1n) is 3.02. The van der Waals surface area contributed by atoms with Crippen LogP contribution in [0.3, 0.4) is 0 Å². The zero-order valence-electron chi connectivity index (χ0n) is 5.76. The zero-order valence-corrected chi connectivity index (χ0v) is 9.76. The van der Waals surface area contributed by atoms with Crippen molar-refractivity contribution in [1.82, 2.24) is 9.63 Å². The second kappa shape index (κ2) is 4.77. The van der Waals surface area contributed by atoms with Crippen LogP contribution in [0, 0.1) is 0 Å². The van der Waals surface area contributed by atoms with Crippen molar-refractivity contribution in [2.24, 2.45) is 0 Å². The third-order valence-electron chi connectivity index (χ3n) is 1.11. The second-order valence-corrected chi connectivity index (χ2v) is 6.60. The molecule has 2 nitrogen and oxygen atoms in total. The van der Waals surface area contributed by atoms with Crippen LogP contribution in [0.15, 0.2) is 24.4 Å². The van der Waals surface area contributed by atoms with Crippen molar-refractivity contribution in [3.8, 4) is 0 Å². The van der Waals surface area contributed by atoms with E-state index in [4.69, 9.17) is 0 Å². The van der Waals surface area contributed by atoms with Crippen LogP contribution < -0.4 is 9.97 Å². The van der Waals surface area contributed by atoms with Gasteiger partial charge in [0.25, 0.3) is 0 Å². The highest BCUT2D eigenvalue weighted by molar-refractivity contribution is 7.14. The van der Waals surface area contributed by atoms with Crippen molar-refractivity contribution < 1.29 is 0 Å². The molecule has 0 aliphatic heterocycles. The van der Waals surface area contributed by atoms with Crippen LogP contribution >= 0.6 is 0 Å². The topological polar surface area (TPSA) is 24.9 Å². The zero-order chi connectivity index (χ0) is 8.10. The Kier molecular flexibility index (Phi) is 3.94. The number of rotatable bonds is 3. The third kappa shape index (κ3) is 2.83. The van der Waals surface area contributed by atoms with E-state index in [9.17, 15) is 0 Å². The Morgan fingerprint density at radius 3 is 2.91 bits per heavy atom. The summed E-state index contributed by atoms with van der Waals surface area (Å²) in [7, 11) is 6.74. The van der Waals surface area contributed by atoms with Crippen LogP contribution in [-0.2, 0) is 0 Å². The predicted octanol–water partition coefficient (Wildman–Crippen LogP) is -1.76. The van der Waals surface area contributed by atoms with Gasteiger partial charge in [0.1, 0.15) is 9.20 Å². The Labute approximate surface area is 76.8 Å². The lowest BCUT2D eigenvalue weighted by Crippen LogP contribution is -2.49. The fourth-order valence-electron chi connectivity index (χ4n) is 0.637. The van der Waals surface area contributed by atoms with E-state index in [1.807, 2.05) is 18.2 Å². The van der Waals surface area contributed by atoms with Crippen molar-refractivity contribution in [2.75, 3.05) is 0 Å². The minimum atomic E-state index is -0.810. The summed E-state index contributed by atoms with van der Waals surface area (Å²) in [5.41, 5.74) is 0. The molecule has 11 heavy (non-hydrogen) atoms. The van der Waals surface area contributed by atoms with E-state index in [-0.39, 0.29) is 0 Å². The monoisotopic (exact) mass is 205 g/mol. The fraction of sp³-hybridized carbons (Fsp3) is 0. The molecule has 51 valence electrons. The molecule has 0 aromatic carbocycles. The molecule has 0 amide bonds. The van der Waals surface area contributed by atoms with Crippen LogP contribution in [0.4, 0.5) is 0 Å². The third-order valence-corrected chi connectivity index (χ3v) is 6.44. The van der Waals surface area contributed by atoms with Gasteiger partial charge in [0.15, 0.2) is 8.48 Å². The Hall–Kier alpha value is -0.0225. The average molecular weight is 205 g/mol. The van der Waals surface area contributed by atoms with E-state index >= 15 is 0 Å². The number of hydrogen-bond acceptors (Lipinski definition) is 2. The van der Waals surface area contributed by atoms with E-state index in [2.05, 4.69) is 29.2 Å². The summed E-state index contributed by atoms with van der Waals surface area (Å²) >= 11 is 0. The standard InChI is InChI=1S/C5H5N2Si4/c8-10-7-11(9)5-3-1-2-4-6-5/h1-4,7H. The number of hydrogen-bond donors (Lipinski definition) is 1. The molecule has 0 saturated heterocycles. The molecule has 1 rings (SSSR count). The lowest BCUT2D eigenvalue weighted by molar-refractivity contribution is 1.37. The maximum absolute atomic E-state index is 4.21. The van der Waals surface area contributed by atoms with Gasteiger partial charge in [-0.1, -0.05) is 6.07 Å². The molecule has 1 N–H and O–H groups in total. The van der Waals surface area contributed by atoms with Crippen LogP contribution in [0.5, 0.6) is 0 Å². The Balaban J connectivity index is 2.61. The largest absolute Gasteiger partial charge is 0.363 e. The van der Waals surface area contributed by atoms with Crippen molar-refractivity contribution in [2.45, 2.75) is 0 Å². The summed E-state index contributed by atoms with van der Waals surface area (Å²) in [5.74, 6) is 0. The minimum Gasteiger partial charge on any atom is -0.363 e. The smallest absolute Gasteiger partial charge is 0.163 e. The first-order chi connectivity index (χ1) is 5.34. The maximum atomic E-state index is 4.21. The summed E-state index contributed by atoms with van der Waals surface area (Å²) in [6, 6.07) is 5.92. The van der Waals surface area contributed by atoms with Crippen LogP contribution in [0.1, 0.15) is 0 Å². The molecule has 9 radical (unpaired) electrons. The van der Waals surface area contributed by atoms with E-state index in [1.165, 1.54) is 0 Å². The Bertz CT molecular complexity index is 205. The molecule has 0 unspecified atom stereocenters. The first-order valence-corrected chi connectivity index (χ1v) is 8.52. The molecule has 0 aliphatic rings. The van der Waals surface area contributed by atoms with Crippen molar-refractivity contribution in [3.63, 3.8) is 0 Å². The summed E-state index contributed by atoms with van der Waals surface area (Å²) in [6.07, 6.45) is 1.80. The molecule has 0 fully saturated rings. The van der Waals surface area contributed by atoms with Gasteiger partial charge >= 0.3 is 0 Å². The Morgan fingerprint density at radius 1 is 1.55 bits per heavy atom. The SMILES string of the molecule is [Si][Si]N[Si]([Si])c1ccccn1. The average Bonchev–Trinajstić information content (AvgIpc) is 2.07. The van der Waals surface area contributed by atoms with Crippen LogP contribution in [-0.4, -0.2) is 42.2 Å².